The number of benzene rings is 1. The third-order valence-corrected chi connectivity index (χ3v) is 4.51. The molecule has 0 aliphatic carbocycles. The van der Waals surface area contributed by atoms with Gasteiger partial charge in [-0.15, -0.1) is 0 Å². The van der Waals surface area contributed by atoms with E-state index in [0.29, 0.717) is 6.61 Å². The van der Waals surface area contributed by atoms with Crippen LogP contribution in [-0.4, -0.2) is 18.5 Å². The van der Waals surface area contributed by atoms with Crippen molar-refractivity contribution in [3.63, 3.8) is 0 Å². The van der Waals surface area contributed by atoms with Gasteiger partial charge in [0.1, 0.15) is 17.7 Å². The zero-order valence-corrected chi connectivity index (χ0v) is 17.0. The minimum atomic E-state index is -1.07. The van der Waals surface area contributed by atoms with Gasteiger partial charge in [-0.2, -0.15) is 0 Å². The molecule has 0 aliphatic heterocycles. The van der Waals surface area contributed by atoms with Crippen LogP contribution in [0.5, 0.6) is 0 Å². The van der Waals surface area contributed by atoms with Gasteiger partial charge in [-0.25, -0.2) is 8.78 Å². The van der Waals surface area contributed by atoms with Crippen LogP contribution in [0, 0.1) is 11.6 Å². The number of rotatable bonds is 14. The second-order valence-corrected chi connectivity index (χ2v) is 6.96. The molecule has 4 nitrogen and oxygen atoms in total. The lowest BCUT2D eigenvalue weighted by atomic mass is 10.1. The Balaban J connectivity index is 2.14. The quantitative estimate of drug-likeness (QED) is 0.283. The van der Waals surface area contributed by atoms with E-state index >= 15 is 0 Å². The van der Waals surface area contributed by atoms with Crippen LogP contribution >= 0.6 is 0 Å². The van der Waals surface area contributed by atoms with Crippen molar-refractivity contribution in [1.29, 1.82) is 0 Å². The molecular weight excluding hydrogens is 366 g/mol. The molecule has 28 heavy (non-hydrogen) atoms. The van der Waals surface area contributed by atoms with Crippen LogP contribution < -0.4 is 0 Å². The van der Waals surface area contributed by atoms with Gasteiger partial charge in [-0.3, -0.25) is 9.59 Å². The van der Waals surface area contributed by atoms with Gasteiger partial charge in [0.25, 0.3) is 0 Å². The van der Waals surface area contributed by atoms with Crippen LogP contribution in [0.15, 0.2) is 18.2 Å². The maximum atomic E-state index is 13.7. The second-order valence-electron chi connectivity index (χ2n) is 6.96. The summed E-state index contributed by atoms with van der Waals surface area (Å²) < 4.78 is 37.4. The van der Waals surface area contributed by atoms with Gasteiger partial charge in [0.2, 0.25) is 0 Å². The van der Waals surface area contributed by atoms with Gasteiger partial charge >= 0.3 is 11.9 Å². The highest BCUT2D eigenvalue weighted by Gasteiger charge is 2.20. The van der Waals surface area contributed by atoms with Gasteiger partial charge in [0.05, 0.1) is 25.0 Å². The fraction of sp³-hybridized carbons (Fsp3) is 0.636. The molecule has 0 amide bonds. The zero-order chi connectivity index (χ0) is 20.8. The second kappa shape index (κ2) is 14.1. The summed E-state index contributed by atoms with van der Waals surface area (Å²) in [5.41, 5.74) is -0.298. The molecule has 0 bridgehead atoms. The first-order valence-corrected chi connectivity index (χ1v) is 10.2. The zero-order valence-electron chi connectivity index (χ0n) is 17.0. The predicted octanol–water partition coefficient (Wildman–Crippen LogP) is 6.03. The molecule has 0 heterocycles. The minimum Gasteiger partial charge on any atom is -0.466 e. The average molecular weight is 398 g/mol. The highest BCUT2D eigenvalue weighted by Crippen LogP contribution is 2.23. The molecule has 1 aromatic carbocycles. The number of carbonyl (C=O) groups is 2. The SMILES string of the molecule is CCCCCCCCCCOC(=O)CCC(=O)OC(C)c1c(F)cccc1F. The van der Waals surface area contributed by atoms with Crippen LogP contribution in [0.2, 0.25) is 0 Å². The average Bonchev–Trinajstić information content (AvgIpc) is 2.65. The molecule has 1 unspecified atom stereocenters. The Kier molecular flexibility index (Phi) is 12.1. The molecule has 0 spiro atoms. The van der Waals surface area contributed by atoms with Crippen LogP contribution in [0.3, 0.4) is 0 Å². The van der Waals surface area contributed by atoms with E-state index in [1.807, 2.05) is 0 Å². The molecule has 0 fully saturated rings. The van der Waals surface area contributed by atoms with Gasteiger partial charge < -0.3 is 9.47 Å². The standard InChI is InChI=1S/C22H32F2O4/c1-3-4-5-6-7-8-9-10-16-27-20(25)14-15-21(26)28-17(2)22-18(23)12-11-13-19(22)24/h11-13,17H,3-10,14-16H2,1-2H3. The maximum Gasteiger partial charge on any atom is 0.306 e. The number of esters is 2. The topological polar surface area (TPSA) is 52.6 Å². The number of carbonyl (C=O) groups excluding carboxylic acids is 2. The van der Waals surface area contributed by atoms with E-state index in [1.54, 1.807) is 0 Å². The lowest BCUT2D eigenvalue weighted by Crippen LogP contribution is -2.14. The van der Waals surface area contributed by atoms with Gasteiger partial charge in [-0.1, -0.05) is 57.9 Å². The van der Waals surface area contributed by atoms with Crippen molar-refractivity contribution in [3.05, 3.63) is 35.4 Å². The number of unbranched alkanes of at least 4 members (excludes halogenated alkanes) is 7. The predicted molar refractivity (Wildman–Crippen MR) is 104 cm³/mol. The number of halogens is 2. The van der Waals surface area contributed by atoms with Gasteiger partial charge in [0.15, 0.2) is 0 Å². The van der Waals surface area contributed by atoms with Crippen molar-refractivity contribution < 1.29 is 27.8 Å². The first-order valence-electron chi connectivity index (χ1n) is 10.2. The Labute approximate surface area is 166 Å². The summed E-state index contributed by atoms with van der Waals surface area (Å²) in [4.78, 5) is 23.5. The Morgan fingerprint density at radius 1 is 0.893 bits per heavy atom. The Morgan fingerprint density at radius 3 is 2.04 bits per heavy atom. The lowest BCUT2D eigenvalue weighted by Gasteiger charge is -2.15. The van der Waals surface area contributed by atoms with Crippen molar-refractivity contribution in [2.24, 2.45) is 0 Å². The smallest absolute Gasteiger partial charge is 0.306 e. The molecule has 0 N–H and O–H groups in total. The third kappa shape index (κ3) is 9.81. The number of hydrogen-bond acceptors (Lipinski definition) is 4. The normalized spacial score (nSPS) is 11.9. The van der Waals surface area contributed by atoms with E-state index in [1.165, 1.54) is 45.1 Å². The van der Waals surface area contributed by atoms with Crippen molar-refractivity contribution in [2.75, 3.05) is 6.61 Å². The molecule has 1 rings (SSSR count). The molecule has 1 atom stereocenters. The first-order chi connectivity index (χ1) is 13.5. The van der Waals surface area contributed by atoms with Crippen LogP contribution in [0.4, 0.5) is 8.78 Å². The molecule has 158 valence electrons. The van der Waals surface area contributed by atoms with Gasteiger partial charge in [-0.05, 0) is 25.5 Å². The summed E-state index contributed by atoms with van der Waals surface area (Å²) in [7, 11) is 0. The van der Waals surface area contributed by atoms with E-state index < -0.39 is 29.7 Å². The van der Waals surface area contributed by atoms with Crippen molar-refractivity contribution in [1.82, 2.24) is 0 Å². The van der Waals surface area contributed by atoms with Crippen LogP contribution in [0.25, 0.3) is 0 Å². The Bertz CT molecular complexity index is 584. The molecule has 0 saturated heterocycles. The van der Waals surface area contributed by atoms with Crippen molar-refractivity contribution in [3.8, 4) is 0 Å². The fourth-order valence-electron chi connectivity index (χ4n) is 2.91. The molecule has 0 aliphatic rings. The summed E-state index contributed by atoms with van der Waals surface area (Å²) in [6.07, 6.45) is 7.88. The fourth-order valence-corrected chi connectivity index (χ4v) is 2.91. The van der Waals surface area contributed by atoms with Crippen molar-refractivity contribution >= 4 is 11.9 Å². The van der Waals surface area contributed by atoms with Crippen molar-refractivity contribution in [2.45, 2.75) is 84.2 Å². The third-order valence-electron chi connectivity index (χ3n) is 4.51. The van der Waals surface area contributed by atoms with E-state index in [9.17, 15) is 18.4 Å². The highest BCUT2D eigenvalue weighted by molar-refractivity contribution is 5.77. The Morgan fingerprint density at radius 2 is 1.43 bits per heavy atom. The lowest BCUT2D eigenvalue weighted by molar-refractivity contribution is -0.153. The molecular formula is C22H32F2O4. The van der Waals surface area contributed by atoms with E-state index in [-0.39, 0.29) is 18.4 Å². The number of ether oxygens (including phenoxy) is 2. The molecule has 0 aromatic heterocycles. The first kappa shape index (κ1) is 24.1. The summed E-state index contributed by atoms with van der Waals surface area (Å²) in [5, 5.41) is 0. The summed E-state index contributed by atoms with van der Waals surface area (Å²) in [5.74, 6) is -2.71. The number of hydrogen-bond donors (Lipinski definition) is 0. The van der Waals surface area contributed by atoms with Crippen LogP contribution in [-0.2, 0) is 19.1 Å². The molecule has 0 radical (unpaired) electrons. The Hall–Kier alpha value is -1.98. The maximum absolute atomic E-state index is 13.7. The molecule has 0 saturated carbocycles. The largest absolute Gasteiger partial charge is 0.466 e. The minimum absolute atomic E-state index is 0.109. The van der Waals surface area contributed by atoms with Crippen LogP contribution in [0.1, 0.15) is 89.7 Å². The molecule has 1 aromatic rings. The van der Waals surface area contributed by atoms with E-state index in [2.05, 4.69) is 6.92 Å². The van der Waals surface area contributed by atoms with E-state index in [0.717, 1.165) is 31.4 Å². The summed E-state index contributed by atoms with van der Waals surface area (Å²) in [6.45, 7) is 3.93. The van der Waals surface area contributed by atoms with Gasteiger partial charge in [0, 0.05) is 0 Å². The monoisotopic (exact) mass is 398 g/mol. The summed E-state index contributed by atoms with van der Waals surface area (Å²) in [6, 6.07) is 3.45. The van der Waals surface area contributed by atoms with E-state index in [4.69, 9.17) is 9.47 Å². The highest BCUT2D eigenvalue weighted by atomic mass is 19.1. The molecule has 6 heteroatoms. The summed E-state index contributed by atoms with van der Waals surface area (Å²) >= 11 is 0.